The molecule has 1 rings (SSSR count). The number of hydrazine groups is 1. The molecule has 0 aromatic carbocycles. The summed E-state index contributed by atoms with van der Waals surface area (Å²) in [5.74, 6) is 7.04. The number of likely N-dealkylation sites (N-methyl/N-ethyl adjacent to an activating group) is 1. The molecule has 0 saturated heterocycles. The quantitative estimate of drug-likeness (QED) is 0.322. The zero-order chi connectivity index (χ0) is 14.3. The van der Waals surface area contributed by atoms with Gasteiger partial charge in [0.15, 0.2) is 5.16 Å². The fourth-order valence-electron chi connectivity index (χ4n) is 1.67. The fraction of sp³-hybridized carbons (Fsp3) is 0.667. The fourth-order valence-corrected chi connectivity index (χ4v) is 2.05. The first-order valence-corrected chi connectivity index (χ1v) is 7.62. The van der Waals surface area contributed by atoms with Crippen LogP contribution in [0.15, 0.2) is 11.2 Å². The van der Waals surface area contributed by atoms with Gasteiger partial charge < -0.3 is 15.2 Å². The van der Waals surface area contributed by atoms with Crippen molar-refractivity contribution in [1.82, 2.24) is 14.9 Å². The van der Waals surface area contributed by atoms with E-state index in [9.17, 15) is 0 Å². The lowest BCUT2D eigenvalue weighted by Crippen LogP contribution is -2.33. The SMILES string of the molecule is CCCN(CCN(C)C)c1cc(NN)nc(SC)n1. The average Bonchev–Trinajstić information content (AvgIpc) is 2.42. The molecule has 19 heavy (non-hydrogen) atoms. The van der Waals surface area contributed by atoms with E-state index in [1.165, 1.54) is 11.8 Å². The molecule has 0 amide bonds. The predicted octanol–water partition coefficient (Wildman–Crippen LogP) is 1.26. The molecule has 1 aromatic rings. The maximum atomic E-state index is 5.46. The molecule has 0 saturated carbocycles. The van der Waals surface area contributed by atoms with Crippen molar-refractivity contribution in [1.29, 1.82) is 0 Å². The molecule has 0 aliphatic rings. The van der Waals surface area contributed by atoms with Crippen molar-refractivity contribution < 1.29 is 0 Å². The van der Waals surface area contributed by atoms with Crippen LogP contribution in [0.1, 0.15) is 13.3 Å². The Hall–Kier alpha value is -1.05. The van der Waals surface area contributed by atoms with E-state index in [1.807, 2.05) is 12.3 Å². The lowest BCUT2D eigenvalue weighted by atomic mass is 10.3. The Balaban J connectivity index is 2.92. The number of hydrogen-bond acceptors (Lipinski definition) is 7. The lowest BCUT2D eigenvalue weighted by Gasteiger charge is -2.25. The Morgan fingerprint density at radius 3 is 2.53 bits per heavy atom. The van der Waals surface area contributed by atoms with E-state index in [0.717, 1.165) is 37.0 Å². The van der Waals surface area contributed by atoms with Gasteiger partial charge in [-0.15, -0.1) is 0 Å². The number of thioether (sulfide) groups is 1. The van der Waals surface area contributed by atoms with E-state index in [1.54, 1.807) is 0 Å². The third kappa shape index (κ3) is 5.22. The first-order valence-electron chi connectivity index (χ1n) is 6.40. The minimum absolute atomic E-state index is 0.653. The predicted molar refractivity (Wildman–Crippen MR) is 82.7 cm³/mol. The summed E-state index contributed by atoms with van der Waals surface area (Å²) in [6, 6.07) is 1.89. The van der Waals surface area contributed by atoms with Gasteiger partial charge in [-0.2, -0.15) is 0 Å². The number of rotatable bonds is 8. The molecule has 0 radical (unpaired) electrons. The number of hydrogen-bond donors (Lipinski definition) is 2. The van der Waals surface area contributed by atoms with Crippen LogP contribution in [-0.2, 0) is 0 Å². The van der Waals surface area contributed by atoms with E-state index in [4.69, 9.17) is 5.84 Å². The molecule has 0 aliphatic heterocycles. The van der Waals surface area contributed by atoms with Crippen LogP contribution in [0.4, 0.5) is 11.6 Å². The van der Waals surface area contributed by atoms with Crippen LogP contribution in [0.2, 0.25) is 0 Å². The lowest BCUT2D eigenvalue weighted by molar-refractivity contribution is 0.412. The summed E-state index contributed by atoms with van der Waals surface area (Å²) in [5.41, 5.74) is 2.60. The highest BCUT2D eigenvalue weighted by Gasteiger charge is 2.11. The van der Waals surface area contributed by atoms with Gasteiger partial charge in [-0.1, -0.05) is 18.7 Å². The molecule has 6 nitrogen and oxygen atoms in total. The van der Waals surface area contributed by atoms with Crippen molar-refractivity contribution in [2.75, 3.05) is 50.3 Å². The van der Waals surface area contributed by atoms with Crippen LogP contribution < -0.4 is 16.2 Å². The van der Waals surface area contributed by atoms with Gasteiger partial charge in [0.05, 0.1) is 0 Å². The van der Waals surface area contributed by atoms with Crippen LogP contribution in [-0.4, -0.2) is 54.9 Å². The Labute approximate surface area is 119 Å². The highest BCUT2D eigenvalue weighted by molar-refractivity contribution is 7.98. The third-order valence-corrected chi connectivity index (χ3v) is 3.20. The van der Waals surface area contributed by atoms with Crippen molar-refractivity contribution in [3.8, 4) is 0 Å². The van der Waals surface area contributed by atoms with Crippen LogP contribution >= 0.6 is 11.8 Å². The molecule has 0 fully saturated rings. The smallest absolute Gasteiger partial charge is 0.191 e. The number of aromatic nitrogens is 2. The van der Waals surface area contributed by atoms with Gasteiger partial charge in [-0.3, -0.25) is 0 Å². The van der Waals surface area contributed by atoms with Crippen LogP contribution in [0.3, 0.4) is 0 Å². The first-order chi connectivity index (χ1) is 9.10. The van der Waals surface area contributed by atoms with Gasteiger partial charge in [0.1, 0.15) is 11.6 Å². The summed E-state index contributed by atoms with van der Waals surface area (Å²) in [6.07, 6.45) is 3.04. The summed E-state index contributed by atoms with van der Waals surface area (Å²) in [6.45, 7) is 5.07. The molecule has 0 spiro atoms. The third-order valence-electron chi connectivity index (χ3n) is 2.66. The summed E-state index contributed by atoms with van der Waals surface area (Å²) in [5, 5.41) is 0.733. The molecule has 0 unspecified atom stereocenters. The van der Waals surface area contributed by atoms with E-state index < -0.39 is 0 Å². The van der Waals surface area contributed by atoms with E-state index in [0.29, 0.717) is 5.82 Å². The minimum Gasteiger partial charge on any atom is -0.355 e. The number of nitrogen functional groups attached to an aromatic ring is 1. The molecule has 0 bridgehead atoms. The van der Waals surface area contributed by atoms with Crippen molar-refractivity contribution in [3.63, 3.8) is 0 Å². The van der Waals surface area contributed by atoms with Gasteiger partial charge in [-0.05, 0) is 26.8 Å². The van der Waals surface area contributed by atoms with Crippen molar-refractivity contribution in [2.45, 2.75) is 18.5 Å². The standard InChI is InChI=1S/C12H24N6S/c1-5-6-18(8-7-17(2)3)11-9-10(16-13)14-12(15-11)19-4/h9H,5-8,13H2,1-4H3,(H,14,15,16). The second-order valence-corrected chi connectivity index (χ2v) is 5.31. The molecule has 0 aliphatic carbocycles. The Bertz CT molecular complexity index is 362. The van der Waals surface area contributed by atoms with Crippen LogP contribution in [0.25, 0.3) is 0 Å². The summed E-state index contributed by atoms with van der Waals surface area (Å²) in [4.78, 5) is 13.3. The second kappa shape index (κ2) is 8.19. The maximum absolute atomic E-state index is 5.46. The molecule has 7 heteroatoms. The Morgan fingerprint density at radius 1 is 1.26 bits per heavy atom. The van der Waals surface area contributed by atoms with Crippen molar-refractivity contribution in [2.24, 2.45) is 5.84 Å². The molecular weight excluding hydrogens is 260 g/mol. The second-order valence-electron chi connectivity index (χ2n) is 4.53. The van der Waals surface area contributed by atoms with Crippen molar-refractivity contribution >= 4 is 23.4 Å². The van der Waals surface area contributed by atoms with E-state index in [2.05, 4.69) is 46.2 Å². The summed E-state index contributed by atoms with van der Waals surface area (Å²) >= 11 is 1.52. The minimum atomic E-state index is 0.653. The molecule has 108 valence electrons. The van der Waals surface area contributed by atoms with Crippen molar-refractivity contribution in [3.05, 3.63) is 6.07 Å². The normalized spacial score (nSPS) is 10.8. The zero-order valence-electron chi connectivity index (χ0n) is 12.2. The Morgan fingerprint density at radius 2 is 2.00 bits per heavy atom. The van der Waals surface area contributed by atoms with E-state index in [-0.39, 0.29) is 0 Å². The highest BCUT2D eigenvalue weighted by Crippen LogP contribution is 2.20. The average molecular weight is 284 g/mol. The van der Waals surface area contributed by atoms with Gasteiger partial charge in [0.2, 0.25) is 0 Å². The number of nitrogens with two attached hydrogens (primary N) is 1. The maximum Gasteiger partial charge on any atom is 0.191 e. The van der Waals surface area contributed by atoms with Gasteiger partial charge in [0, 0.05) is 25.7 Å². The largest absolute Gasteiger partial charge is 0.355 e. The molecule has 3 N–H and O–H groups in total. The van der Waals surface area contributed by atoms with Gasteiger partial charge in [-0.25, -0.2) is 15.8 Å². The van der Waals surface area contributed by atoms with Crippen LogP contribution in [0.5, 0.6) is 0 Å². The summed E-state index contributed by atoms with van der Waals surface area (Å²) in [7, 11) is 4.15. The summed E-state index contributed by atoms with van der Waals surface area (Å²) < 4.78 is 0. The number of nitrogens with zero attached hydrogens (tertiary/aromatic N) is 4. The van der Waals surface area contributed by atoms with Gasteiger partial charge >= 0.3 is 0 Å². The molecule has 1 aromatic heterocycles. The number of nitrogens with one attached hydrogen (secondary N) is 1. The molecule has 1 heterocycles. The Kier molecular flexibility index (Phi) is 6.90. The first kappa shape index (κ1) is 16.0. The molecular formula is C12H24N6S. The van der Waals surface area contributed by atoms with E-state index >= 15 is 0 Å². The van der Waals surface area contributed by atoms with Gasteiger partial charge in [0.25, 0.3) is 0 Å². The number of anilines is 2. The van der Waals surface area contributed by atoms with Crippen LogP contribution in [0, 0.1) is 0 Å². The topological polar surface area (TPSA) is 70.3 Å². The molecule has 0 atom stereocenters. The zero-order valence-corrected chi connectivity index (χ0v) is 13.0. The highest BCUT2D eigenvalue weighted by atomic mass is 32.2. The monoisotopic (exact) mass is 284 g/mol.